The van der Waals surface area contributed by atoms with Crippen LogP contribution in [0.15, 0.2) is 195 Å². The molecule has 644 valence electrons. The molecule has 12 aromatic rings. The lowest BCUT2D eigenvalue weighted by atomic mass is 9.90. The van der Waals surface area contributed by atoms with E-state index in [0.717, 1.165) is 149 Å². The number of hydrogen-bond acceptors (Lipinski definition) is 22. The lowest BCUT2D eigenvalue weighted by Crippen LogP contribution is -2.45. The van der Waals surface area contributed by atoms with E-state index >= 15 is 0 Å². The number of aldehydes is 3. The van der Waals surface area contributed by atoms with Gasteiger partial charge in [-0.3, -0.25) is 48.0 Å². The van der Waals surface area contributed by atoms with Crippen molar-refractivity contribution in [3.63, 3.8) is 0 Å². The van der Waals surface area contributed by atoms with Crippen molar-refractivity contribution in [2.45, 2.75) is 134 Å². The number of methoxy groups -OCH3 is 2. The first-order valence-corrected chi connectivity index (χ1v) is 43.5. The third-order valence-electron chi connectivity index (χ3n) is 24.3. The number of nitrogens with one attached hydrogen (secondary N) is 4. The summed E-state index contributed by atoms with van der Waals surface area (Å²) in [5.41, 5.74) is 18.2. The van der Waals surface area contributed by atoms with Crippen molar-refractivity contribution in [3.05, 3.63) is 274 Å². The molecule has 0 saturated carbocycles. The Labute approximate surface area is 720 Å². The van der Waals surface area contributed by atoms with Crippen LogP contribution in [-0.4, -0.2) is 222 Å². The van der Waals surface area contributed by atoms with Crippen molar-refractivity contribution >= 4 is 47.4 Å². The van der Waals surface area contributed by atoms with Crippen LogP contribution < -0.4 is 40.5 Å². The molecule has 0 amide bonds. The van der Waals surface area contributed by atoms with Gasteiger partial charge in [0.15, 0.2) is 18.9 Å². The average molecular weight is 1650 g/mol. The van der Waals surface area contributed by atoms with Gasteiger partial charge in [-0.25, -0.2) is 15.0 Å². The molecule has 13 heterocycles. The number of imidazole rings is 3. The number of carbonyl (C=O) groups excluding carboxylic acids is 3. The van der Waals surface area contributed by atoms with Crippen LogP contribution in [0.25, 0.3) is 16.9 Å². The maximum Gasteiger partial charge on any atom is 0.170 e. The number of benzene rings is 2. The zero-order valence-electron chi connectivity index (χ0n) is 73.3. The highest BCUT2D eigenvalue weighted by Gasteiger charge is 2.30. The topological polar surface area (TPSA) is 241 Å². The molecule has 3 aliphatic heterocycles. The SMILES string of the molecule is CN1CCN(c2cccc3nc(C=O)cn23)CC1.CN1CCN(c2cccc3nc(C=O)cn23)CC1.CN1CCNCC1.CN[C@H]1CCCc2cccnc21.CN[C@H]1CCCc2cccnc21.COc1ccc([C@H](C)N(C)[C@H]2CCCc3cccnc32)cc1.COc1ccc([C@H](C)N[C@H]2CCCc3cccnc32)cc1.Cc1cccc2nc(C=O)cn12. The Bertz CT molecular complexity index is 5060. The predicted molar refractivity (Wildman–Crippen MR) is 488 cm³/mol. The first kappa shape index (κ1) is 90.2. The second kappa shape index (κ2) is 45.8. The Morgan fingerprint density at radius 1 is 0.434 bits per heavy atom. The van der Waals surface area contributed by atoms with Crippen molar-refractivity contribution in [2.24, 2.45) is 0 Å². The lowest BCUT2D eigenvalue weighted by Gasteiger charge is -2.36. The van der Waals surface area contributed by atoms with E-state index in [1.807, 2.05) is 150 Å². The number of nitrogens with zero attached hydrogens (tertiary/aromatic N) is 16. The Balaban J connectivity index is 0.000000130. The number of anilines is 2. The first-order chi connectivity index (χ1) is 59.6. The Hall–Kier alpha value is -11.0. The average Bonchev–Trinajstić information content (AvgIpc) is 1.64. The molecule has 4 N–H and O–H groups in total. The summed E-state index contributed by atoms with van der Waals surface area (Å²) in [6, 6.07) is 53.7. The van der Waals surface area contributed by atoms with Crippen LogP contribution in [-0.2, 0) is 25.7 Å². The number of rotatable bonds is 15. The van der Waals surface area contributed by atoms with Crippen LogP contribution in [0.5, 0.6) is 11.5 Å². The Morgan fingerprint density at radius 3 is 1.20 bits per heavy atom. The summed E-state index contributed by atoms with van der Waals surface area (Å²) >= 11 is 0. The van der Waals surface area contributed by atoms with Crippen LogP contribution in [0.3, 0.4) is 0 Å². The van der Waals surface area contributed by atoms with Gasteiger partial charge in [0.2, 0.25) is 0 Å². The fraction of sp³-hybridized carbons (Fsp3) is 0.423. The summed E-state index contributed by atoms with van der Waals surface area (Å²) in [6.07, 6.45) is 29.8. The molecule has 0 spiro atoms. The van der Waals surface area contributed by atoms with Crippen LogP contribution in [0.4, 0.5) is 11.6 Å². The summed E-state index contributed by atoms with van der Waals surface area (Å²) in [5.74, 6) is 4.03. The molecule has 19 rings (SSSR count). The number of aryl methyl sites for hydroxylation is 5. The minimum Gasteiger partial charge on any atom is -0.497 e. The molecule has 3 fully saturated rings. The van der Waals surface area contributed by atoms with Crippen molar-refractivity contribution < 1.29 is 23.9 Å². The Morgan fingerprint density at radius 2 is 0.803 bits per heavy atom. The molecule has 10 aromatic heterocycles. The van der Waals surface area contributed by atoms with Gasteiger partial charge < -0.3 is 59.6 Å². The quantitative estimate of drug-likeness (QED) is 0.0698. The normalized spacial score (nSPS) is 18.5. The molecule has 3 saturated heterocycles. The van der Waals surface area contributed by atoms with E-state index in [9.17, 15) is 14.4 Å². The van der Waals surface area contributed by atoms with Crippen LogP contribution in [0.1, 0.15) is 195 Å². The molecule has 0 bridgehead atoms. The molecule has 4 aliphatic carbocycles. The molecular formula is C97H126N20O5. The molecule has 0 unspecified atom stereocenters. The van der Waals surface area contributed by atoms with Crippen LogP contribution in [0, 0.1) is 6.92 Å². The van der Waals surface area contributed by atoms with Crippen molar-refractivity contribution in [2.75, 3.05) is 145 Å². The van der Waals surface area contributed by atoms with Gasteiger partial charge in [0, 0.05) is 152 Å². The maximum atomic E-state index is 10.8. The largest absolute Gasteiger partial charge is 0.497 e. The van der Waals surface area contributed by atoms with Crippen molar-refractivity contribution in [3.8, 4) is 11.5 Å². The minimum atomic E-state index is 0.300. The van der Waals surface area contributed by atoms with Crippen LogP contribution in [0.2, 0.25) is 0 Å². The third-order valence-corrected chi connectivity index (χ3v) is 24.3. The van der Waals surface area contributed by atoms with Gasteiger partial charge in [-0.05, 0) is 258 Å². The maximum absolute atomic E-state index is 10.8. The molecule has 122 heavy (non-hydrogen) atoms. The van der Waals surface area contributed by atoms with Gasteiger partial charge in [-0.2, -0.15) is 0 Å². The van der Waals surface area contributed by atoms with E-state index in [2.05, 4.69) is 188 Å². The van der Waals surface area contributed by atoms with Gasteiger partial charge in [-0.15, -0.1) is 0 Å². The van der Waals surface area contributed by atoms with E-state index in [1.165, 1.54) is 127 Å². The van der Waals surface area contributed by atoms with Gasteiger partial charge in [-0.1, -0.05) is 66.7 Å². The number of aromatic nitrogens is 10. The summed E-state index contributed by atoms with van der Waals surface area (Å²) in [6.45, 7) is 19.5. The molecule has 25 nitrogen and oxygen atoms in total. The summed E-state index contributed by atoms with van der Waals surface area (Å²) in [4.78, 5) is 76.8. The highest BCUT2D eigenvalue weighted by Crippen LogP contribution is 2.38. The molecule has 2 aromatic carbocycles. The summed E-state index contributed by atoms with van der Waals surface area (Å²) in [7, 11) is 16.1. The van der Waals surface area contributed by atoms with E-state index in [-0.39, 0.29) is 0 Å². The monoisotopic (exact) mass is 1650 g/mol. The van der Waals surface area contributed by atoms with E-state index in [0.29, 0.717) is 53.3 Å². The van der Waals surface area contributed by atoms with Crippen molar-refractivity contribution in [1.82, 2.24) is 89.0 Å². The Kier molecular flexibility index (Phi) is 33.8. The van der Waals surface area contributed by atoms with E-state index < -0.39 is 0 Å². The fourth-order valence-corrected chi connectivity index (χ4v) is 16.9. The first-order valence-electron chi connectivity index (χ1n) is 43.5. The molecule has 6 atom stereocenters. The van der Waals surface area contributed by atoms with Gasteiger partial charge in [0.25, 0.3) is 0 Å². The number of fused-ring (bicyclic) bond motifs is 7. The summed E-state index contributed by atoms with van der Waals surface area (Å²) < 4.78 is 16.3. The fourth-order valence-electron chi connectivity index (χ4n) is 16.9. The van der Waals surface area contributed by atoms with E-state index in [4.69, 9.17) is 9.47 Å². The van der Waals surface area contributed by atoms with Gasteiger partial charge >= 0.3 is 0 Å². The lowest BCUT2D eigenvalue weighted by molar-refractivity contribution is 0.111. The number of carbonyl (C=O) groups is 3. The predicted octanol–water partition coefficient (Wildman–Crippen LogP) is 14.1. The molecular weight excluding hydrogens is 1530 g/mol. The number of hydrogen-bond donors (Lipinski definition) is 4. The number of pyridine rings is 7. The second-order valence-corrected chi connectivity index (χ2v) is 32.4. The third kappa shape index (κ3) is 24.2. The van der Waals surface area contributed by atoms with Crippen LogP contribution >= 0.6 is 0 Å². The molecule has 25 heteroatoms. The minimum absolute atomic E-state index is 0.300. The van der Waals surface area contributed by atoms with Gasteiger partial charge in [0.05, 0.1) is 49.1 Å². The number of ether oxygens (including phenoxy) is 2. The highest BCUT2D eigenvalue weighted by atomic mass is 16.5. The summed E-state index contributed by atoms with van der Waals surface area (Å²) in [5, 5.41) is 13.6. The van der Waals surface area contributed by atoms with Crippen molar-refractivity contribution in [1.29, 1.82) is 0 Å². The number of likely N-dealkylation sites (N-methyl/N-ethyl adjacent to an activating group) is 3. The standard InChI is InChI=1S/C19H24N2O.C18H22N2O.2C13H16N4O.2C10H14N2.C9H8N2O.C5H12N2/c1-14(15-9-11-17(22-3)12-10-15)21(2)18-8-4-6-16-7-5-13-20-19(16)18;1-13(14-8-10-16(21-2)11-9-14)20-17-7-3-5-15-6-4-12-19-18(15)17;2*1-15-5-7-16(8-6-15)13-4-2-3-12-14-11(10-18)9-17(12)13;2*1-11-9-6-2-4-8-5-3-7-12-10(8)9;1-7-3-2-4-9-10-8(6-12)5-11(7)9;1-7-4-2-6-3-5-7/h5,7,9-14,18H,4,6,8H2,1-3H3;4,6,8-13,17,20H,3,5,7H2,1-2H3;2*2-4,9-10H,5-8H2,1H3;2*3,5,7,9,11H,2,4,6H2,1H3;2-6H,1H3;6H,2-5H2,1H3/t14-,18-;13-,17-;;;2*9-;;/m00..00../s1. The van der Waals surface area contributed by atoms with E-state index in [1.54, 1.807) is 32.8 Å². The zero-order valence-corrected chi connectivity index (χ0v) is 73.3. The molecule has 7 aliphatic rings. The second-order valence-electron chi connectivity index (χ2n) is 32.4. The molecule has 0 radical (unpaired) electrons. The number of piperazine rings is 3. The highest BCUT2D eigenvalue weighted by molar-refractivity contribution is 5.75. The van der Waals surface area contributed by atoms with Gasteiger partial charge in [0.1, 0.15) is 57.2 Å². The zero-order chi connectivity index (χ0) is 85.7. The smallest absolute Gasteiger partial charge is 0.170 e.